The van der Waals surface area contributed by atoms with Gasteiger partial charge < -0.3 is 19.3 Å². The average molecular weight is 892 g/mol. The molecule has 0 aromatic carbocycles. The summed E-state index contributed by atoms with van der Waals surface area (Å²) in [5.74, 6) is 1.91. The molecule has 0 aromatic rings. The molecule has 0 N–H and O–H groups in total. The third-order valence-electron chi connectivity index (χ3n) is 13.4. The average Bonchev–Trinajstić information content (AvgIpc) is 3.26. The van der Waals surface area contributed by atoms with Crippen molar-refractivity contribution < 1.29 is 23.9 Å². The number of rotatable bonds is 50. The summed E-state index contributed by atoms with van der Waals surface area (Å²) in [6.45, 7) is 12.9. The molecule has 0 radical (unpaired) electrons. The Morgan fingerprint density at radius 1 is 0.349 bits per heavy atom. The Balaban J connectivity index is 4.25. The van der Waals surface area contributed by atoms with Crippen molar-refractivity contribution in [1.29, 1.82) is 0 Å². The second kappa shape index (κ2) is 48.3. The van der Waals surface area contributed by atoms with E-state index in [0.717, 1.165) is 115 Å². The summed E-state index contributed by atoms with van der Waals surface area (Å²) >= 11 is 0. The fourth-order valence-electron chi connectivity index (χ4n) is 9.16. The Labute approximate surface area is 393 Å². The smallest absolute Gasteiger partial charge is 0.305 e. The van der Waals surface area contributed by atoms with E-state index in [-0.39, 0.29) is 17.8 Å². The standard InChI is InChI=1S/C56H110N2O5/c1-7-11-15-25-38-52(39-26-16-12-8-2)42-31-35-50-62-55(60)45-29-21-19-23-33-48-58(54(59)44-37-47-57(5)6)49-34-24-20-22-30-46-56(61)63-51-36-32-43-53(40-27-17-13-9-3)41-28-18-14-10-4/h52-53H,7-51H2,1-6H3. The van der Waals surface area contributed by atoms with Crippen molar-refractivity contribution in [2.75, 3.05) is 46.9 Å². The van der Waals surface area contributed by atoms with Crippen LogP contribution in [0.1, 0.15) is 285 Å². The van der Waals surface area contributed by atoms with Gasteiger partial charge in [-0.15, -0.1) is 0 Å². The minimum atomic E-state index is -0.0364. The molecule has 1 amide bonds. The summed E-state index contributed by atoms with van der Waals surface area (Å²) in [5, 5.41) is 0. The number of ether oxygens (including phenoxy) is 2. The van der Waals surface area contributed by atoms with Gasteiger partial charge in [0.1, 0.15) is 0 Å². The number of esters is 2. The van der Waals surface area contributed by atoms with E-state index in [1.165, 1.54) is 154 Å². The first-order valence-corrected chi connectivity index (χ1v) is 28.0. The molecule has 0 unspecified atom stereocenters. The van der Waals surface area contributed by atoms with E-state index in [9.17, 15) is 14.4 Å². The van der Waals surface area contributed by atoms with Crippen molar-refractivity contribution in [3.8, 4) is 0 Å². The van der Waals surface area contributed by atoms with Gasteiger partial charge in [0.15, 0.2) is 0 Å². The second-order valence-electron chi connectivity index (χ2n) is 19.9. The fraction of sp³-hybridized carbons (Fsp3) is 0.946. The van der Waals surface area contributed by atoms with E-state index in [0.29, 0.717) is 32.5 Å². The fourth-order valence-corrected chi connectivity index (χ4v) is 9.16. The lowest BCUT2D eigenvalue weighted by Gasteiger charge is -2.23. The Bertz CT molecular complexity index is 901. The molecule has 0 saturated heterocycles. The van der Waals surface area contributed by atoms with Gasteiger partial charge in [0.2, 0.25) is 5.91 Å². The van der Waals surface area contributed by atoms with Crippen LogP contribution in [0.15, 0.2) is 0 Å². The van der Waals surface area contributed by atoms with Crippen LogP contribution < -0.4 is 0 Å². The van der Waals surface area contributed by atoms with Crippen molar-refractivity contribution in [3.05, 3.63) is 0 Å². The van der Waals surface area contributed by atoms with E-state index >= 15 is 0 Å². The zero-order chi connectivity index (χ0) is 46.3. The molecule has 7 nitrogen and oxygen atoms in total. The second-order valence-corrected chi connectivity index (χ2v) is 19.9. The summed E-state index contributed by atoms with van der Waals surface area (Å²) in [4.78, 5) is 42.2. The van der Waals surface area contributed by atoms with E-state index in [1.807, 2.05) is 0 Å². The van der Waals surface area contributed by atoms with Gasteiger partial charge in [0, 0.05) is 32.4 Å². The van der Waals surface area contributed by atoms with Crippen molar-refractivity contribution in [2.45, 2.75) is 285 Å². The molecule has 0 aliphatic carbocycles. The molecular formula is C56H110N2O5. The molecule has 0 bridgehead atoms. The number of unbranched alkanes of at least 4 members (excludes halogenated alkanes) is 22. The largest absolute Gasteiger partial charge is 0.466 e. The Hall–Kier alpha value is -1.63. The van der Waals surface area contributed by atoms with Crippen LogP contribution in [0.25, 0.3) is 0 Å². The number of carbonyl (C=O) groups is 3. The Morgan fingerprint density at radius 3 is 1.02 bits per heavy atom. The maximum absolute atomic E-state index is 13.2. The minimum Gasteiger partial charge on any atom is -0.466 e. The van der Waals surface area contributed by atoms with Crippen LogP contribution in [-0.2, 0) is 23.9 Å². The summed E-state index contributed by atoms with van der Waals surface area (Å²) in [7, 11) is 4.13. The van der Waals surface area contributed by atoms with Crippen LogP contribution in [-0.4, -0.2) is 74.6 Å². The number of hydrogen-bond donors (Lipinski definition) is 0. The summed E-state index contributed by atoms with van der Waals surface area (Å²) < 4.78 is 11.2. The first kappa shape index (κ1) is 61.4. The van der Waals surface area contributed by atoms with Gasteiger partial charge in [0.05, 0.1) is 13.2 Å². The van der Waals surface area contributed by atoms with Crippen LogP contribution in [0, 0.1) is 11.8 Å². The van der Waals surface area contributed by atoms with E-state index in [1.54, 1.807) is 0 Å². The van der Waals surface area contributed by atoms with Crippen molar-refractivity contribution >= 4 is 17.8 Å². The third-order valence-corrected chi connectivity index (χ3v) is 13.4. The van der Waals surface area contributed by atoms with E-state index in [2.05, 4.69) is 51.6 Å². The molecule has 63 heavy (non-hydrogen) atoms. The van der Waals surface area contributed by atoms with Gasteiger partial charge in [0.25, 0.3) is 0 Å². The molecule has 374 valence electrons. The van der Waals surface area contributed by atoms with E-state index in [4.69, 9.17) is 9.47 Å². The number of nitrogens with zero attached hydrogens (tertiary/aromatic N) is 2. The zero-order valence-corrected chi connectivity index (χ0v) is 43.4. The normalized spacial score (nSPS) is 11.6. The van der Waals surface area contributed by atoms with Crippen LogP contribution in [0.2, 0.25) is 0 Å². The van der Waals surface area contributed by atoms with Crippen molar-refractivity contribution in [3.63, 3.8) is 0 Å². The quantitative estimate of drug-likeness (QED) is 0.0447. The van der Waals surface area contributed by atoms with Gasteiger partial charge in [-0.25, -0.2) is 0 Å². The molecule has 0 aliphatic rings. The predicted octanol–water partition coefficient (Wildman–Crippen LogP) is 16.4. The zero-order valence-electron chi connectivity index (χ0n) is 43.4. The first-order chi connectivity index (χ1) is 30.8. The van der Waals surface area contributed by atoms with Crippen LogP contribution in [0.4, 0.5) is 0 Å². The third kappa shape index (κ3) is 44.0. The minimum absolute atomic E-state index is 0.0364. The predicted molar refractivity (Wildman–Crippen MR) is 271 cm³/mol. The van der Waals surface area contributed by atoms with Crippen LogP contribution in [0.5, 0.6) is 0 Å². The lowest BCUT2D eigenvalue weighted by molar-refractivity contribution is -0.144. The van der Waals surface area contributed by atoms with Gasteiger partial charge in [-0.05, 0) is 90.3 Å². The van der Waals surface area contributed by atoms with Gasteiger partial charge in [-0.3, -0.25) is 14.4 Å². The Kier molecular flexibility index (Phi) is 47.1. The summed E-state index contributed by atoms with van der Waals surface area (Å²) in [6, 6.07) is 0. The molecule has 0 rings (SSSR count). The highest BCUT2D eigenvalue weighted by Crippen LogP contribution is 2.25. The molecule has 0 aromatic heterocycles. The molecule has 0 fully saturated rings. The topological polar surface area (TPSA) is 76.1 Å². The monoisotopic (exact) mass is 891 g/mol. The van der Waals surface area contributed by atoms with Gasteiger partial charge >= 0.3 is 11.9 Å². The van der Waals surface area contributed by atoms with Crippen molar-refractivity contribution in [1.82, 2.24) is 9.80 Å². The highest BCUT2D eigenvalue weighted by atomic mass is 16.5. The number of hydrogen-bond acceptors (Lipinski definition) is 6. The molecule has 0 heterocycles. The van der Waals surface area contributed by atoms with Crippen LogP contribution in [0.3, 0.4) is 0 Å². The molecular weight excluding hydrogens is 781 g/mol. The van der Waals surface area contributed by atoms with Gasteiger partial charge in [-0.1, -0.05) is 207 Å². The maximum atomic E-state index is 13.2. The lowest BCUT2D eigenvalue weighted by Crippen LogP contribution is -2.33. The molecule has 0 atom stereocenters. The highest BCUT2D eigenvalue weighted by Gasteiger charge is 2.14. The first-order valence-electron chi connectivity index (χ1n) is 28.0. The Morgan fingerprint density at radius 2 is 0.667 bits per heavy atom. The van der Waals surface area contributed by atoms with Crippen LogP contribution >= 0.6 is 0 Å². The molecule has 0 aliphatic heterocycles. The van der Waals surface area contributed by atoms with Crippen molar-refractivity contribution in [2.24, 2.45) is 11.8 Å². The number of carbonyl (C=O) groups excluding carboxylic acids is 3. The maximum Gasteiger partial charge on any atom is 0.305 e. The van der Waals surface area contributed by atoms with E-state index < -0.39 is 0 Å². The molecule has 0 spiro atoms. The summed E-state index contributed by atoms with van der Waals surface area (Å²) in [6.07, 6.45) is 46.8. The molecule has 7 heteroatoms. The molecule has 0 saturated carbocycles. The van der Waals surface area contributed by atoms with Gasteiger partial charge in [-0.2, -0.15) is 0 Å². The SMILES string of the molecule is CCCCCCC(CCCCCC)CCCCOC(=O)CCCCCCCN(CCCCCCCC(=O)OCCCCC(CCCCCC)CCCCCC)C(=O)CCCN(C)C. The highest BCUT2D eigenvalue weighted by molar-refractivity contribution is 5.76. The summed E-state index contributed by atoms with van der Waals surface area (Å²) in [5.41, 5.74) is 0. The lowest BCUT2D eigenvalue weighted by atomic mass is 9.90. The number of amides is 1.